The number of amides is 1. The van der Waals surface area contributed by atoms with Crippen molar-refractivity contribution in [2.75, 3.05) is 0 Å². The predicted octanol–water partition coefficient (Wildman–Crippen LogP) is 0.951. The number of nitriles is 1. The van der Waals surface area contributed by atoms with Crippen LogP contribution in [0.15, 0.2) is 24.3 Å². The number of nitrogens with zero attached hydrogens (tertiary/aromatic N) is 2. The molecule has 0 unspecified atom stereocenters. The summed E-state index contributed by atoms with van der Waals surface area (Å²) in [6.07, 6.45) is 0.474. The lowest BCUT2D eigenvalue weighted by atomic mass is 10.2. The van der Waals surface area contributed by atoms with Gasteiger partial charge in [0.2, 0.25) is 6.41 Å². The topological polar surface area (TPSA) is 55.0 Å². The summed E-state index contributed by atoms with van der Waals surface area (Å²) in [5.74, 6) is 0. The summed E-state index contributed by atoms with van der Waals surface area (Å²) in [6, 6.07) is 8.43. The lowest BCUT2D eigenvalue weighted by Gasteiger charge is -1.92. The molecule has 0 aliphatic rings. The summed E-state index contributed by atoms with van der Waals surface area (Å²) < 4.78 is 0. The summed E-state index contributed by atoms with van der Waals surface area (Å²) in [4.78, 5) is 9.90. The molecule has 1 radical (unpaired) electrons. The van der Waals surface area contributed by atoms with Gasteiger partial charge in [-0.25, -0.2) is 5.32 Å². The summed E-state index contributed by atoms with van der Waals surface area (Å²) in [7, 11) is 0. The van der Waals surface area contributed by atoms with Gasteiger partial charge in [0.15, 0.2) is 0 Å². The summed E-state index contributed by atoms with van der Waals surface area (Å²) >= 11 is 0. The van der Waals surface area contributed by atoms with Crippen molar-refractivity contribution in [3.63, 3.8) is 0 Å². The number of rotatable bonds is 2. The summed E-state index contributed by atoms with van der Waals surface area (Å²) in [6.45, 7) is 0. The van der Waals surface area contributed by atoms with Crippen LogP contribution < -0.4 is 5.32 Å². The molecule has 11 heavy (non-hydrogen) atoms. The van der Waals surface area contributed by atoms with Gasteiger partial charge in [0, 0.05) is 0 Å². The summed E-state index contributed by atoms with van der Waals surface area (Å²) in [5.41, 5.74) is 1.13. The van der Waals surface area contributed by atoms with Gasteiger partial charge in [-0.2, -0.15) is 5.26 Å². The fourth-order valence-electron chi connectivity index (χ4n) is 0.683. The van der Waals surface area contributed by atoms with Crippen molar-refractivity contribution < 1.29 is 4.79 Å². The van der Waals surface area contributed by atoms with Gasteiger partial charge in [0.25, 0.3) is 0 Å². The van der Waals surface area contributed by atoms with Crippen LogP contribution in [-0.2, 0) is 4.79 Å². The normalized spacial score (nSPS) is 8.27. The van der Waals surface area contributed by atoms with Crippen LogP contribution in [0.5, 0.6) is 0 Å². The second-order valence-corrected chi connectivity index (χ2v) is 1.89. The van der Waals surface area contributed by atoms with E-state index in [-0.39, 0.29) is 0 Å². The van der Waals surface area contributed by atoms with Crippen molar-refractivity contribution in [1.29, 1.82) is 5.26 Å². The quantitative estimate of drug-likeness (QED) is 0.582. The average Bonchev–Trinajstić information content (AvgIpc) is 2.07. The maximum absolute atomic E-state index is 9.90. The van der Waals surface area contributed by atoms with Crippen molar-refractivity contribution in [2.24, 2.45) is 0 Å². The molecule has 3 nitrogen and oxygen atoms in total. The zero-order valence-corrected chi connectivity index (χ0v) is 5.69. The van der Waals surface area contributed by atoms with Gasteiger partial charge in [-0.1, -0.05) is 0 Å². The van der Waals surface area contributed by atoms with E-state index in [0.717, 1.165) is 0 Å². The van der Waals surface area contributed by atoms with Crippen molar-refractivity contribution in [1.82, 2.24) is 5.32 Å². The minimum absolute atomic E-state index is 0.474. The van der Waals surface area contributed by atoms with E-state index in [4.69, 9.17) is 5.26 Å². The molecule has 0 atom stereocenters. The molecule has 0 heterocycles. The highest BCUT2D eigenvalue weighted by Gasteiger charge is 1.91. The van der Waals surface area contributed by atoms with E-state index in [1.54, 1.807) is 24.3 Å². The minimum atomic E-state index is 0.474. The van der Waals surface area contributed by atoms with Gasteiger partial charge >= 0.3 is 0 Å². The van der Waals surface area contributed by atoms with Crippen LogP contribution in [0.1, 0.15) is 5.56 Å². The Balaban J connectivity index is 2.84. The van der Waals surface area contributed by atoms with Crippen LogP contribution in [-0.4, -0.2) is 6.41 Å². The molecule has 0 aliphatic heterocycles. The van der Waals surface area contributed by atoms with Crippen LogP contribution >= 0.6 is 0 Å². The molecule has 1 amide bonds. The summed E-state index contributed by atoms with van der Waals surface area (Å²) in [5, 5.41) is 11.9. The first-order chi connectivity index (χ1) is 5.36. The molecule has 1 rings (SSSR count). The Bertz CT molecular complexity index is 284. The zero-order valence-electron chi connectivity index (χ0n) is 5.69. The van der Waals surface area contributed by atoms with Crippen LogP contribution in [0.2, 0.25) is 0 Å². The second kappa shape index (κ2) is 3.37. The Morgan fingerprint density at radius 2 is 2.00 bits per heavy atom. The maximum atomic E-state index is 9.90. The van der Waals surface area contributed by atoms with Crippen LogP contribution in [0.4, 0.5) is 5.69 Å². The third-order valence-electron chi connectivity index (χ3n) is 1.20. The van der Waals surface area contributed by atoms with Crippen LogP contribution in [0, 0.1) is 11.3 Å². The van der Waals surface area contributed by atoms with Gasteiger partial charge in [-0.3, -0.25) is 4.79 Å². The second-order valence-electron chi connectivity index (χ2n) is 1.89. The Kier molecular flexibility index (Phi) is 2.24. The van der Waals surface area contributed by atoms with Gasteiger partial charge in [0.05, 0.1) is 17.3 Å². The van der Waals surface area contributed by atoms with E-state index >= 15 is 0 Å². The average molecular weight is 145 g/mol. The van der Waals surface area contributed by atoms with Gasteiger partial charge in [0.1, 0.15) is 0 Å². The fourth-order valence-corrected chi connectivity index (χ4v) is 0.683. The molecule has 0 spiro atoms. The lowest BCUT2D eigenvalue weighted by Crippen LogP contribution is -1.90. The molecular weight excluding hydrogens is 140 g/mol. The molecule has 1 aromatic carbocycles. The highest BCUT2D eigenvalue weighted by molar-refractivity contribution is 5.58. The molecule has 53 valence electrons. The third-order valence-corrected chi connectivity index (χ3v) is 1.20. The Labute approximate surface area is 64.3 Å². The van der Waals surface area contributed by atoms with E-state index in [1.807, 2.05) is 6.07 Å². The fraction of sp³-hybridized carbons (Fsp3) is 0. The predicted molar refractivity (Wildman–Crippen MR) is 39.0 cm³/mol. The third kappa shape index (κ3) is 1.80. The van der Waals surface area contributed by atoms with E-state index in [1.165, 1.54) is 0 Å². The van der Waals surface area contributed by atoms with Gasteiger partial charge in [-0.15, -0.1) is 0 Å². The molecule has 0 saturated heterocycles. The first-order valence-electron chi connectivity index (χ1n) is 3.01. The Hall–Kier alpha value is -1.82. The van der Waals surface area contributed by atoms with Gasteiger partial charge < -0.3 is 0 Å². The van der Waals surface area contributed by atoms with E-state index < -0.39 is 0 Å². The van der Waals surface area contributed by atoms with Crippen molar-refractivity contribution in [2.45, 2.75) is 0 Å². The Morgan fingerprint density at radius 3 is 2.45 bits per heavy atom. The zero-order chi connectivity index (χ0) is 8.10. The smallest absolute Gasteiger partial charge is 0.233 e. The largest absolute Gasteiger partial charge is 0.276 e. The maximum Gasteiger partial charge on any atom is 0.233 e. The number of carbonyl (C=O) groups is 1. The number of carbonyl (C=O) groups excluding carboxylic acids is 1. The standard InChI is InChI=1S/C8H5N2O/c9-5-7-1-3-8(4-2-7)10-6-11/h1-4,6H. The van der Waals surface area contributed by atoms with Crippen molar-refractivity contribution >= 4 is 12.1 Å². The minimum Gasteiger partial charge on any atom is -0.276 e. The molecular formula is C8H5N2O. The lowest BCUT2D eigenvalue weighted by molar-refractivity contribution is -0.108. The monoisotopic (exact) mass is 145 g/mol. The molecule has 0 bridgehead atoms. The number of hydrogen-bond donors (Lipinski definition) is 0. The van der Waals surface area contributed by atoms with Crippen molar-refractivity contribution in [3.8, 4) is 6.07 Å². The highest BCUT2D eigenvalue weighted by atomic mass is 16.1. The van der Waals surface area contributed by atoms with Crippen LogP contribution in [0.25, 0.3) is 0 Å². The SMILES string of the molecule is N#Cc1ccc([N]C=O)cc1. The molecule has 1 aromatic rings. The molecule has 3 heteroatoms. The first kappa shape index (κ1) is 7.29. The molecule has 0 aromatic heterocycles. The van der Waals surface area contributed by atoms with E-state index in [0.29, 0.717) is 17.7 Å². The first-order valence-corrected chi connectivity index (χ1v) is 3.01. The molecule has 0 saturated carbocycles. The number of hydrogen-bond acceptors (Lipinski definition) is 2. The van der Waals surface area contributed by atoms with Crippen LogP contribution in [0.3, 0.4) is 0 Å². The van der Waals surface area contributed by atoms with E-state index in [2.05, 4.69) is 5.32 Å². The van der Waals surface area contributed by atoms with Crippen molar-refractivity contribution in [3.05, 3.63) is 29.8 Å². The van der Waals surface area contributed by atoms with Gasteiger partial charge in [-0.05, 0) is 24.3 Å². The molecule has 0 N–H and O–H groups in total. The van der Waals surface area contributed by atoms with E-state index in [9.17, 15) is 4.79 Å². The number of benzene rings is 1. The highest BCUT2D eigenvalue weighted by Crippen LogP contribution is 2.06. The molecule has 0 aliphatic carbocycles. The molecule has 0 fully saturated rings. The Morgan fingerprint density at radius 1 is 1.36 bits per heavy atom.